The molecule has 0 radical (unpaired) electrons. The largest absolute Gasteiger partial charge is 0.356 e. The number of benzene rings is 2. The second-order valence-electron chi connectivity index (χ2n) is 15.6. The number of hydrogen-bond acceptors (Lipinski definition) is 5. The summed E-state index contributed by atoms with van der Waals surface area (Å²) >= 11 is 0. The number of nitriles is 2. The lowest BCUT2D eigenvalue weighted by atomic mass is 9.63. The van der Waals surface area contributed by atoms with E-state index in [4.69, 9.17) is 9.97 Å². The molecule has 53 heavy (non-hydrogen) atoms. The molecule has 0 saturated heterocycles. The van der Waals surface area contributed by atoms with E-state index in [0.29, 0.717) is 53.2 Å². The third-order valence-electron chi connectivity index (χ3n) is 12.6. The Bertz CT molecular complexity index is 2020. The standard InChI is InChI=1S/C47H51N5O/c1-30-14-15-37(43(32(30)3)23-21-41-19-17-39(28-51-41)45-13-9-7-11-36(45)26-49)29-52-47(53)46-24-31(2)33(4)42(34(46)5)22-20-40-18-16-38(27-50-40)44-12-8-6-10-35(44)25-48/h6-13,16-23,27-28,30-34,37,42-43,46H,14-15,24,29H2,1-5H3,(H,52,53)/t30-,31-,32+,33+,34+,37?,42-,43-,46-/m0/s1. The van der Waals surface area contributed by atoms with Gasteiger partial charge in [0.05, 0.1) is 34.7 Å². The Morgan fingerprint density at radius 2 is 1.23 bits per heavy atom. The van der Waals surface area contributed by atoms with Crippen molar-refractivity contribution in [2.45, 2.75) is 53.9 Å². The Hall–Kier alpha value is -5.33. The lowest BCUT2D eigenvalue weighted by molar-refractivity contribution is -0.130. The zero-order chi connectivity index (χ0) is 37.5. The highest BCUT2D eigenvalue weighted by molar-refractivity contribution is 5.79. The molecular weight excluding hydrogens is 651 g/mol. The number of carbonyl (C=O) groups is 1. The van der Waals surface area contributed by atoms with Crippen molar-refractivity contribution in [3.8, 4) is 34.4 Å². The Morgan fingerprint density at radius 1 is 0.698 bits per heavy atom. The summed E-state index contributed by atoms with van der Waals surface area (Å²) in [5.74, 6) is 3.28. The van der Waals surface area contributed by atoms with Crippen molar-refractivity contribution in [2.24, 2.45) is 53.3 Å². The van der Waals surface area contributed by atoms with Gasteiger partial charge in [-0.25, -0.2) is 0 Å². The first-order valence-electron chi connectivity index (χ1n) is 19.2. The third-order valence-corrected chi connectivity index (χ3v) is 12.6. The fourth-order valence-electron chi connectivity index (χ4n) is 8.74. The Labute approximate surface area is 315 Å². The molecule has 2 aliphatic rings. The van der Waals surface area contributed by atoms with Crippen molar-refractivity contribution >= 4 is 18.1 Å². The summed E-state index contributed by atoms with van der Waals surface area (Å²) in [6, 6.07) is 27.8. The van der Waals surface area contributed by atoms with E-state index in [2.05, 4.69) is 76.4 Å². The van der Waals surface area contributed by atoms with Crippen molar-refractivity contribution in [1.29, 1.82) is 10.5 Å². The molecule has 1 unspecified atom stereocenters. The average molecular weight is 702 g/mol. The van der Waals surface area contributed by atoms with E-state index in [9.17, 15) is 15.3 Å². The van der Waals surface area contributed by atoms with E-state index in [1.807, 2.05) is 85.2 Å². The van der Waals surface area contributed by atoms with E-state index >= 15 is 0 Å². The Balaban J connectivity index is 1.10. The van der Waals surface area contributed by atoms with Crippen LogP contribution in [0.15, 0.2) is 97.3 Å². The first kappa shape index (κ1) is 37.4. The van der Waals surface area contributed by atoms with E-state index in [1.165, 1.54) is 6.42 Å². The highest BCUT2D eigenvalue weighted by atomic mass is 16.1. The zero-order valence-corrected chi connectivity index (χ0v) is 31.6. The van der Waals surface area contributed by atoms with Crippen molar-refractivity contribution in [3.63, 3.8) is 0 Å². The molecule has 0 bridgehead atoms. The second kappa shape index (κ2) is 17.0. The summed E-state index contributed by atoms with van der Waals surface area (Å²) in [5.41, 5.74) is 6.69. The van der Waals surface area contributed by atoms with Crippen molar-refractivity contribution in [3.05, 3.63) is 120 Å². The van der Waals surface area contributed by atoms with Crippen LogP contribution in [0.1, 0.15) is 76.4 Å². The van der Waals surface area contributed by atoms with Gasteiger partial charge in [0, 0.05) is 47.1 Å². The van der Waals surface area contributed by atoms with Crippen LogP contribution in [-0.4, -0.2) is 22.4 Å². The van der Waals surface area contributed by atoms with Gasteiger partial charge in [-0.15, -0.1) is 0 Å². The minimum absolute atomic E-state index is 0.0449. The molecule has 0 spiro atoms. The highest BCUT2D eigenvalue weighted by Crippen LogP contribution is 2.44. The maximum absolute atomic E-state index is 14.0. The monoisotopic (exact) mass is 701 g/mol. The van der Waals surface area contributed by atoms with Crippen LogP contribution in [0, 0.1) is 75.9 Å². The molecule has 2 aromatic carbocycles. The summed E-state index contributed by atoms with van der Waals surface area (Å²) in [5, 5.41) is 22.5. The lowest BCUT2D eigenvalue weighted by Gasteiger charge is -2.43. The molecule has 2 saturated carbocycles. The van der Waals surface area contributed by atoms with Gasteiger partial charge in [0.2, 0.25) is 5.91 Å². The first-order valence-corrected chi connectivity index (χ1v) is 19.2. The van der Waals surface area contributed by atoms with Gasteiger partial charge >= 0.3 is 0 Å². The minimum atomic E-state index is -0.0449. The van der Waals surface area contributed by atoms with Gasteiger partial charge in [0.15, 0.2) is 0 Å². The van der Waals surface area contributed by atoms with E-state index in [-0.39, 0.29) is 23.7 Å². The summed E-state index contributed by atoms with van der Waals surface area (Å²) < 4.78 is 0. The van der Waals surface area contributed by atoms with E-state index < -0.39 is 0 Å². The fraction of sp³-hybridized carbons (Fsp3) is 0.383. The summed E-state index contributed by atoms with van der Waals surface area (Å²) in [7, 11) is 0. The van der Waals surface area contributed by atoms with Crippen molar-refractivity contribution < 1.29 is 4.79 Å². The molecule has 270 valence electrons. The number of rotatable bonds is 9. The van der Waals surface area contributed by atoms with Crippen LogP contribution in [0.2, 0.25) is 0 Å². The van der Waals surface area contributed by atoms with Crippen LogP contribution in [0.5, 0.6) is 0 Å². The van der Waals surface area contributed by atoms with Gasteiger partial charge in [-0.3, -0.25) is 14.8 Å². The molecule has 2 aliphatic carbocycles. The van der Waals surface area contributed by atoms with Gasteiger partial charge in [-0.1, -0.05) is 102 Å². The minimum Gasteiger partial charge on any atom is -0.356 e. The number of carbonyl (C=O) groups excluding carboxylic acids is 1. The Kier molecular flexibility index (Phi) is 12.0. The molecule has 4 aromatic rings. The van der Waals surface area contributed by atoms with Crippen LogP contribution in [0.4, 0.5) is 0 Å². The summed E-state index contributed by atoms with van der Waals surface area (Å²) in [4.78, 5) is 23.4. The molecule has 2 heterocycles. The molecule has 2 fully saturated rings. The number of allylic oxidation sites excluding steroid dienone is 2. The molecule has 2 aromatic heterocycles. The predicted octanol–water partition coefficient (Wildman–Crippen LogP) is 10.2. The van der Waals surface area contributed by atoms with E-state index in [0.717, 1.165) is 46.5 Å². The SMILES string of the molecule is C[C@@H]1[C@@H](C=Cc2ccc(-c3ccccc3C#N)cn2)[C@H](C)[C@@H](C)C[C@@H]1C(=O)NCC1CC[C@H](C)[C@@H](C)[C@@H]1C=Cc1ccc(-c2ccccc2C#N)cn1. The first-order chi connectivity index (χ1) is 25.7. The molecule has 6 nitrogen and oxygen atoms in total. The van der Waals surface area contributed by atoms with Crippen LogP contribution >= 0.6 is 0 Å². The summed E-state index contributed by atoms with van der Waals surface area (Å²) in [6.07, 6.45) is 15.6. The number of aromatic nitrogens is 2. The second-order valence-corrected chi connectivity index (χ2v) is 15.6. The number of nitrogens with zero attached hydrogens (tertiary/aromatic N) is 4. The van der Waals surface area contributed by atoms with Crippen molar-refractivity contribution in [2.75, 3.05) is 6.54 Å². The van der Waals surface area contributed by atoms with Crippen LogP contribution < -0.4 is 5.32 Å². The molecule has 0 aliphatic heterocycles. The van der Waals surface area contributed by atoms with Gasteiger partial charge in [0.1, 0.15) is 0 Å². The fourth-order valence-corrected chi connectivity index (χ4v) is 8.74. The van der Waals surface area contributed by atoms with Crippen molar-refractivity contribution in [1.82, 2.24) is 15.3 Å². The van der Waals surface area contributed by atoms with Crippen LogP contribution in [0.3, 0.4) is 0 Å². The number of amides is 1. The van der Waals surface area contributed by atoms with Gasteiger partial charge in [-0.2, -0.15) is 10.5 Å². The Morgan fingerprint density at radius 3 is 1.75 bits per heavy atom. The summed E-state index contributed by atoms with van der Waals surface area (Å²) in [6.45, 7) is 12.2. The maximum Gasteiger partial charge on any atom is 0.223 e. The quantitative estimate of drug-likeness (QED) is 0.187. The smallest absolute Gasteiger partial charge is 0.223 e. The number of hydrogen-bond donors (Lipinski definition) is 1. The maximum atomic E-state index is 14.0. The molecular formula is C47H51N5O. The van der Waals surface area contributed by atoms with Crippen LogP contribution in [-0.2, 0) is 4.79 Å². The van der Waals surface area contributed by atoms with Crippen LogP contribution in [0.25, 0.3) is 34.4 Å². The third kappa shape index (κ3) is 8.50. The predicted molar refractivity (Wildman–Crippen MR) is 213 cm³/mol. The molecule has 1 amide bonds. The molecule has 6 heteroatoms. The lowest BCUT2D eigenvalue weighted by Crippen LogP contribution is -2.46. The van der Waals surface area contributed by atoms with Gasteiger partial charge < -0.3 is 5.32 Å². The molecule has 1 N–H and O–H groups in total. The van der Waals surface area contributed by atoms with E-state index in [1.54, 1.807) is 0 Å². The molecule has 9 atom stereocenters. The number of pyridine rings is 2. The average Bonchev–Trinajstić information content (AvgIpc) is 3.19. The number of nitrogens with one attached hydrogen (secondary N) is 1. The zero-order valence-electron chi connectivity index (χ0n) is 31.6. The normalized spacial score (nSPS) is 27.3. The topological polar surface area (TPSA) is 102 Å². The van der Waals surface area contributed by atoms with Gasteiger partial charge in [-0.05, 0) is 96.6 Å². The van der Waals surface area contributed by atoms with Gasteiger partial charge in [0.25, 0.3) is 0 Å². The molecule has 6 rings (SSSR count). The highest BCUT2D eigenvalue weighted by Gasteiger charge is 2.41.